The van der Waals surface area contributed by atoms with Crippen molar-refractivity contribution < 1.29 is 0 Å². The summed E-state index contributed by atoms with van der Waals surface area (Å²) in [5, 5.41) is 2.13. The van der Waals surface area contributed by atoms with Crippen molar-refractivity contribution in [2.75, 3.05) is 13.1 Å². The number of aromatic amines is 2. The Morgan fingerprint density at radius 3 is 2.18 bits per heavy atom. The van der Waals surface area contributed by atoms with Crippen molar-refractivity contribution in [3.8, 4) is 0 Å². The fraction of sp³-hybridized carbons (Fsp3) is 0.429. The summed E-state index contributed by atoms with van der Waals surface area (Å²) in [5.74, 6) is 0.863. The monoisotopic (exact) mass is 420 g/mol. The van der Waals surface area contributed by atoms with Crippen molar-refractivity contribution in [1.29, 1.82) is 0 Å². The number of thiol groups is 1. The summed E-state index contributed by atoms with van der Waals surface area (Å²) >= 11 is 13.7. The summed E-state index contributed by atoms with van der Waals surface area (Å²) in [6, 6.07) is 7.92. The summed E-state index contributed by atoms with van der Waals surface area (Å²) in [5.41, 5.74) is 5.16. The average Bonchev–Trinajstić information content (AvgIpc) is 2.81. The minimum atomic E-state index is 0. The summed E-state index contributed by atoms with van der Waals surface area (Å²) in [4.78, 5) is 6.04. The van der Waals surface area contributed by atoms with Gasteiger partial charge >= 0.3 is 0 Å². The second-order valence-corrected chi connectivity index (χ2v) is 6.78. The van der Waals surface area contributed by atoms with Gasteiger partial charge in [-0.2, -0.15) is 0 Å². The molecule has 1 aliphatic rings. The number of hydrogen-bond acceptors (Lipinski definition) is 3. The smallest absolute Gasteiger partial charge is 0.175 e. The van der Waals surface area contributed by atoms with E-state index in [0.29, 0.717) is 9.09 Å². The minimum Gasteiger partial charge on any atom is -0.331 e. The Bertz CT molecular complexity index is 611. The van der Waals surface area contributed by atoms with Crippen LogP contribution in [0.5, 0.6) is 0 Å². The Morgan fingerprint density at radius 1 is 1.23 bits per heavy atom. The molecule has 0 spiro atoms. The molecule has 1 saturated heterocycles. The maximum Gasteiger partial charge on any atom is 0.175 e. The van der Waals surface area contributed by atoms with Crippen LogP contribution < -0.4 is 5.43 Å². The Morgan fingerprint density at radius 2 is 1.73 bits per heavy atom. The Labute approximate surface area is 157 Å². The van der Waals surface area contributed by atoms with Crippen molar-refractivity contribution in [2.45, 2.75) is 19.8 Å². The number of piperidine rings is 1. The quantitative estimate of drug-likeness (QED) is 0.326. The van der Waals surface area contributed by atoms with Crippen LogP contribution in [0.1, 0.15) is 19.8 Å². The summed E-state index contributed by atoms with van der Waals surface area (Å²) in [6.45, 7) is 4.46. The number of fused-ring (bicyclic) bond motifs is 1. The van der Waals surface area contributed by atoms with Gasteiger partial charge < -0.3 is 15.4 Å². The van der Waals surface area contributed by atoms with Crippen molar-refractivity contribution in [3.63, 3.8) is 0 Å². The van der Waals surface area contributed by atoms with Gasteiger partial charge in [0, 0.05) is 30.2 Å². The maximum atomic E-state index is 4.90. The predicted octanol–water partition coefficient (Wildman–Crippen LogP) is 3.28. The van der Waals surface area contributed by atoms with Crippen LogP contribution in [0.15, 0.2) is 24.3 Å². The molecule has 120 valence electrons. The van der Waals surface area contributed by atoms with E-state index in [1.165, 1.54) is 12.8 Å². The van der Waals surface area contributed by atoms with Gasteiger partial charge in [-0.25, -0.2) is 5.01 Å². The molecule has 0 aliphatic carbocycles. The molecule has 0 unspecified atom stereocenters. The van der Waals surface area contributed by atoms with Crippen molar-refractivity contribution in [1.82, 2.24) is 20.4 Å². The molecule has 4 nitrogen and oxygen atoms in total. The molecule has 1 fully saturated rings. The van der Waals surface area contributed by atoms with E-state index in [1.54, 1.807) is 0 Å². The Hall–Kier alpha value is -0.371. The van der Waals surface area contributed by atoms with Crippen LogP contribution >= 0.6 is 37.1 Å². The molecule has 1 aliphatic heterocycles. The predicted molar refractivity (Wildman–Crippen MR) is 104 cm³/mol. The Balaban J connectivity index is 0.000000211. The molecule has 2 radical (unpaired) electrons. The van der Waals surface area contributed by atoms with Crippen LogP contribution in [0.2, 0.25) is 0 Å². The van der Waals surface area contributed by atoms with Gasteiger partial charge in [-0.3, -0.25) is 0 Å². The molecule has 0 saturated carbocycles. The number of hydrogen-bond donors (Lipinski definition) is 4. The molecule has 2 heterocycles. The van der Waals surface area contributed by atoms with Gasteiger partial charge in [-0.1, -0.05) is 31.3 Å². The van der Waals surface area contributed by atoms with Crippen LogP contribution in [0.3, 0.4) is 0 Å². The average molecular weight is 420 g/mol. The number of thiocarbonyl (C=S) groups is 1. The van der Waals surface area contributed by atoms with E-state index >= 15 is 0 Å². The first-order chi connectivity index (χ1) is 10.0. The fourth-order valence-electron chi connectivity index (χ4n) is 2.23. The third-order valence-corrected chi connectivity index (χ3v) is 3.86. The number of benzene rings is 1. The van der Waals surface area contributed by atoms with Gasteiger partial charge in [-0.15, -0.1) is 12.6 Å². The molecular weight excluding hydrogens is 399 g/mol. The molecule has 22 heavy (non-hydrogen) atoms. The maximum absolute atomic E-state index is 4.90. The molecule has 2 aromatic rings. The van der Waals surface area contributed by atoms with Crippen molar-refractivity contribution in [3.05, 3.63) is 29.0 Å². The van der Waals surface area contributed by atoms with Gasteiger partial charge in [0.1, 0.15) is 4.32 Å². The third-order valence-electron chi connectivity index (χ3n) is 3.46. The van der Waals surface area contributed by atoms with Gasteiger partial charge in [0.15, 0.2) is 4.77 Å². The molecule has 0 amide bonds. The zero-order valence-electron chi connectivity index (χ0n) is 12.3. The van der Waals surface area contributed by atoms with Crippen LogP contribution in [0.25, 0.3) is 11.0 Å². The zero-order chi connectivity index (χ0) is 15.2. The van der Waals surface area contributed by atoms with E-state index in [-0.39, 0.29) is 17.1 Å². The van der Waals surface area contributed by atoms with E-state index in [2.05, 4.69) is 40.0 Å². The van der Waals surface area contributed by atoms with Gasteiger partial charge in [0.2, 0.25) is 0 Å². The van der Waals surface area contributed by atoms with E-state index in [9.17, 15) is 0 Å². The standard InChI is InChI=1S/C7H14N2S2.C7H6N2S.Se/c1-6-2-4-9(5-3-6)8-7(10)11;10-7-8-5-3-1-2-4-6(5)9-7;/h6H,2-5H2,1H3,(H2,8,10,11);1-4H,(H2,8,9,10);. The van der Waals surface area contributed by atoms with Gasteiger partial charge in [-0.05, 0) is 43.1 Å². The summed E-state index contributed by atoms with van der Waals surface area (Å²) in [7, 11) is 0. The van der Waals surface area contributed by atoms with Crippen LogP contribution in [-0.4, -0.2) is 49.5 Å². The fourth-order valence-corrected chi connectivity index (χ4v) is 2.72. The number of imidazole rings is 1. The van der Waals surface area contributed by atoms with E-state index in [0.717, 1.165) is 30.0 Å². The molecule has 1 aromatic heterocycles. The second kappa shape index (κ2) is 9.70. The largest absolute Gasteiger partial charge is 0.331 e. The number of para-hydroxylation sites is 2. The normalized spacial score (nSPS) is 15.5. The van der Waals surface area contributed by atoms with Crippen LogP contribution in [-0.2, 0) is 0 Å². The number of nitrogens with one attached hydrogen (secondary N) is 3. The molecular formula is C14H20N4S3Se. The molecule has 0 bridgehead atoms. The van der Waals surface area contributed by atoms with Crippen LogP contribution in [0.4, 0.5) is 0 Å². The first-order valence-electron chi connectivity index (χ1n) is 6.96. The second-order valence-electron chi connectivity index (χ2n) is 5.21. The van der Waals surface area contributed by atoms with Crippen molar-refractivity contribution in [2.24, 2.45) is 5.92 Å². The first kappa shape index (κ1) is 19.7. The number of nitrogens with zero attached hydrogens (tertiary/aromatic N) is 1. The van der Waals surface area contributed by atoms with E-state index < -0.39 is 0 Å². The number of H-pyrrole nitrogens is 2. The van der Waals surface area contributed by atoms with Crippen LogP contribution in [0, 0.1) is 10.7 Å². The topological polar surface area (TPSA) is 46.8 Å². The number of hydrazine groups is 1. The molecule has 8 heteroatoms. The van der Waals surface area contributed by atoms with Gasteiger partial charge in [0.05, 0.1) is 11.0 Å². The third kappa shape index (κ3) is 6.40. The number of rotatable bonds is 1. The SMILES string of the molecule is CC1CCN(NC(=S)S)CC1.S=c1[nH]c2ccccc2[nH]1.[Se]. The molecule has 3 N–H and O–H groups in total. The molecule has 1 aromatic carbocycles. The van der Waals surface area contributed by atoms with E-state index in [1.807, 2.05) is 24.3 Å². The van der Waals surface area contributed by atoms with E-state index in [4.69, 9.17) is 24.4 Å². The van der Waals surface area contributed by atoms with Crippen molar-refractivity contribution >= 4 is 69.5 Å². The summed E-state index contributed by atoms with van der Waals surface area (Å²) < 4.78 is 1.25. The zero-order valence-corrected chi connectivity index (χ0v) is 16.6. The minimum absolute atomic E-state index is 0. The molecule has 3 rings (SSSR count). The first-order valence-corrected chi connectivity index (χ1v) is 8.22. The summed E-state index contributed by atoms with van der Waals surface area (Å²) in [6.07, 6.45) is 2.51. The number of aromatic nitrogens is 2. The Kier molecular flexibility index (Phi) is 8.67. The molecule has 0 atom stereocenters. The van der Waals surface area contributed by atoms with Gasteiger partial charge in [0.25, 0.3) is 0 Å².